The van der Waals surface area contributed by atoms with E-state index < -0.39 is 57.1 Å². The Balaban J connectivity index is 0. The van der Waals surface area contributed by atoms with Gasteiger partial charge in [-0.1, -0.05) is 19.8 Å². The smallest absolute Gasteiger partial charge is 0.460 e. The number of halogens is 17. The van der Waals surface area contributed by atoms with Gasteiger partial charge >= 0.3 is 47.0 Å². The molecular formula is C19H23F17O4S2. The summed E-state index contributed by atoms with van der Waals surface area (Å²) < 4.78 is 244. The van der Waals surface area contributed by atoms with E-state index in [9.17, 15) is 92.4 Å². The average Bonchev–Trinajstić information content (AvgIpc) is 2.80. The third kappa shape index (κ3) is 7.87. The SMILES string of the molecule is CCCCCC(=O)C[S+](CC)CC.O=S(=O)([O-])C(F)(F)C(F)(F)C(F)(F)C(F)(F)C(F)(F)C(F)(F)C(F)(F)C(F)(F)F. The van der Waals surface area contributed by atoms with Gasteiger partial charge in [0.25, 0.3) is 0 Å². The summed E-state index contributed by atoms with van der Waals surface area (Å²) >= 11 is 0. The second-order valence-corrected chi connectivity index (χ2v) is 12.3. The van der Waals surface area contributed by atoms with Crippen molar-refractivity contribution in [1.82, 2.24) is 0 Å². The number of carbonyl (C=O) groups is 1. The Morgan fingerprint density at radius 1 is 0.595 bits per heavy atom. The van der Waals surface area contributed by atoms with Crippen LogP contribution in [-0.4, -0.2) is 83.0 Å². The molecule has 0 aromatic rings. The molecule has 23 heteroatoms. The maximum atomic E-state index is 13.0. The summed E-state index contributed by atoms with van der Waals surface area (Å²) in [6.45, 7) is 6.55. The minimum atomic E-state index is -8.92. The van der Waals surface area contributed by atoms with E-state index in [2.05, 4.69) is 20.8 Å². The third-order valence-electron chi connectivity index (χ3n) is 5.25. The number of rotatable bonds is 15. The van der Waals surface area contributed by atoms with Crippen LogP contribution in [0.5, 0.6) is 0 Å². The Morgan fingerprint density at radius 2 is 0.929 bits per heavy atom. The molecule has 0 aromatic heterocycles. The highest BCUT2D eigenvalue weighted by molar-refractivity contribution is 7.97. The van der Waals surface area contributed by atoms with E-state index in [0.29, 0.717) is 16.7 Å². The van der Waals surface area contributed by atoms with Crippen LogP contribution in [0, 0.1) is 0 Å². The Bertz CT molecular complexity index is 991. The molecule has 0 aliphatic heterocycles. The third-order valence-corrected chi connectivity index (χ3v) is 8.50. The molecule has 0 atom stereocenters. The predicted molar refractivity (Wildman–Crippen MR) is 113 cm³/mol. The first kappa shape index (κ1) is 42.9. The van der Waals surface area contributed by atoms with Gasteiger partial charge in [0.1, 0.15) is 11.5 Å². The number of unbranched alkanes of at least 4 members (excludes halogenated alkanes) is 2. The Labute approximate surface area is 230 Å². The molecule has 254 valence electrons. The van der Waals surface area contributed by atoms with Crippen molar-refractivity contribution in [3.63, 3.8) is 0 Å². The van der Waals surface area contributed by atoms with Crippen molar-refractivity contribution in [1.29, 1.82) is 0 Å². The monoisotopic (exact) mass is 702 g/mol. The van der Waals surface area contributed by atoms with Gasteiger partial charge in [0.15, 0.2) is 21.7 Å². The van der Waals surface area contributed by atoms with Gasteiger partial charge in [-0.05, 0) is 31.2 Å². The zero-order valence-electron chi connectivity index (χ0n) is 21.3. The standard InChI is InChI=1S/C11H23OS.C8HF17O3S/c1-4-7-8-9-11(12)10-13(5-2)6-3;9-1(10,3(13,14)5(17,18)7(21,22)23)2(11,12)4(15,16)6(19,20)8(24,25)29(26,27)28/h4-10H2,1-3H3;(H,26,27,28)/q+1;/p-1. The second kappa shape index (κ2) is 13.8. The van der Waals surface area contributed by atoms with Crippen molar-refractivity contribution in [2.45, 2.75) is 93.4 Å². The molecule has 0 radical (unpaired) electrons. The molecule has 42 heavy (non-hydrogen) atoms. The molecule has 0 bridgehead atoms. The van der Waals surface area contributed by atoms with Crippen LogP contribution in [0.1, 0.15) is 46.5 Å². The fraction of sp³-hybridized carbons (Fsp3) is 0.947. The summed E-state index contributed by atoms with van der Waals surface area (Å²) in [6.07, 6.45) is -3.56. The lowest BCUT2D eigenvalue weighted by molar-refractivity contribution is -0.458. The molecule has 0 heterocycles. The number of alkyl halides is 17. The van der Waals surface area contributed by atoms with E-state index in [1.54, 1.807) is 0 Å². The normalized spacial score (nSPS) is 15.0. The molecule has 0 amide bonds. The van der Waals surface area contributed by atoms with Crippen molar-refractivity contribution < 1.29 is 92.4 Å². The minimum Gasteiger partial charge on any atom is -0.743 e. The van der Waals surface area contributed by atoms with Gasteiger partial charge < -0.3 is 4.55 Å². The molecule has 0 saturated carbocycles. The molecule has 0 fully saturated rings. The maximum Gasteiger partial charge on any atom is 0.460 e. The molecule has 0 aromatic carbocycles. The van der Waals surface area contributed by atoms with Crippen molar-refractivity contribution in [3.8, 4) is 0 Å². The van der Waals surface area contributed by atoms with Crippen molar-refractivity contribution in [2.24, 2.45) is 0 Å². The van der Waals surface area contributed by atoms with Gasteiger partial charge in [-0.2, -0.15) is 74.6 Å². The molecule has 0 rings (SSSR count). The van der Waals surface area contributed by atoms with E-state index >= 15 is 0 Å². The minimum absolute atomic E-state index is 0.377. The first-order valence-corrected chi connectivity index (χ1v) is 14.2. The molecule has 0 aliphatic carbocycles. The number of hydrogen-bond donors (Lipinski definition) is 0. The van der Waals surface area contributed by atoms with Gasteiger partial charge in [-0.25, -0.2) is 8.42 Å². The first-order chi connectivity index (χ1) is 18.2. The number of hydrogen-bond acceptors (Lipinski definition) is 4. The highest BCUT2D eigenvalue weighted by Crippen LogP contribution is 2.64. The summed E-state index contributed by atoms with van der Waals surface area (Å²) in [4.78, 5) is 11.5. The van der Waals surface area contributed by atoms with Crippen molar-refractivity contribution in [2.75, 3.05) is 17.3 Å². The molecular weight excluding hydrogens is 679 g/mol. The van der Waals surface area contributed by atoms with Crippen LogP contribution in [0.2, 0.25) is 0 Å². The Hall–Kier alpha value is -1.26. The van der Waals surface area contributed by atoms with Crippen LogP contribution in [0.4, 0.5) is 74.6 Å². The maximum absolute atomic E-state index is 13.0. The summed E-state index contributed by atoms with van der Waals surface area (Å²) in [5, 5.41) is -7.95. The van der Waals surface area contributed by atoms with E-state index in [-0.39, 0.29) is 0 Å². The fourth-order valence-corrected chi connectivity index (χ4v) is 4.45. The summed E-state index contributed by atoms with van der Waals surface area (Å²) in [5.74, 6) is -48.5. The van der Waals surface area contributed by atoms with E-state index in [0.717, 1.165) is 18.6 Å². The topological polar surface area (TPSA) is 74.3 Å². The molecule has 0 unspecified atom stereocenters. The van der Waals surface area contributed by atoms with Gasteiger partial charge in [-0.3, -0.25) is 4.79 Å². The van der Waals surface area contributed by atoms with Crippen LogP contribution >= 0.6 is 0 Å². The molecule has 0 aliphatic rings. The molecule has 0 N–H and O–H groups in total. The van der Waals surface area contributed by atoms with E-state index in [4.69, 9.17) is 0 Å². The first-order valence-electron chi connectivity index (χ1n) is 11.1. The lowest BCUT2D eigenvalue weighted by Crippen LogP contribution is -2.75. The lowest BCUT2D eigenvalue weighted by Gasteiger charge is -2.42. The van der Waals surface area contributed by atoms with Crippen LogP contribution in [-0.2, 0) is 25.8 Å². The predicted octanol–water partition coefficient (Wildman–Crippen LogP) is 7.29. The molecule has 4 nitrogen and oxygen atoms in total. The number of Topliss-reactive ketones (excluding diaryl/α,β-unsaturated/α-hetero) is 1. The van der Waals surface area contributed by atoms with E-state index in [1.165, 1.54) is 24.3 Å². The molecule has 0 spiro atoms. The fourth-order valence-electron chi connectivity index (χ4n) is 2.59. The average molecular weight is 702 g/mol. The number of ketones is 1. The van der Waals surface area contributed by atoms with E-state index in [1.807, 2.05) is 0 Å². The Kier molecular flexibility index (Phi) is 14.1. The zero-order valence-corrected chi connectivity index (χ0v) is 23.0. The van der Waals surface area contributed by atoms with Crippen LogP contribution in [0.3, 0.4) is 0 Å². The summed E-state index contributed by atoms with van der Waals surface area (Å²) in [6, 6.07) is 0. The highest BCUT2D eigenvalue weighted by atomic mass is 32.2. The van der Waals surface area contributed by atoms with Crippen LogP contribution in [0.15, 0.2) is 0 Å². The second-order valence-electron chi connectivity index (χ2n) is 8.24. The van der Waals surface area contributed by atoms with Gasteiger partial charge in [0, 0.05) is 6.42 Å². The van der Waals surface area contributed by atoms with Crippen LogP contribution < -0.4 is 0 Å². The zero-order chi connectivity index (χ0) is 34.6. The summed E-state index contributed by atoms with van der Waals surface area (Å²) in [7, 11) is -7.77. The Morgan fingerprint density at radius 3 is 1.21 bits per heavy atom. The van der Waals surface area contributed by atoms with Crippen molar-refractivity contribution >= 4 is 26.8 Å². The van der Waals surface area contributed by atoms with Gasteiger partial charge in [0.05, 0.1) is 0 Å². The largest absolute Gasteiger partial charge is 0.743 e. The van der Waals surface area contributed by atoms with Crippen LogP contribution in [0.25, 0.3) is 0 Å². The highest BCUT2D eigenvalue weighted by Gasteiger charge is 2.95. The number of carbonyl (C=O) groups excluding carboxylic acids is 1. The lowest BCUT2D eigenvalue weighted by atomic mass is 9.91. The van der Waals surface area contributed by atoms with Crippen molar-refractivity contribution in [3.05, 3.63) is 0 Å². The summed E-state index contributed by atoms with van der Waals surface area (Å²) in [5.41, 5.74) is 0. The molecule has 0 saturated heterocycles. The van der Waals surface area contributed by atoms with Gasteiger partial charge in [0.2, 0.25) is 0 Å². The quantitative estimate of drug-likeness (QED) is 0.0778. The van der Waals surface area contributed by atoms with Gasteiger partial charge in [-0.15, -0.1) is 0 Å².